The summed E-state index contributed by atoms with van der Waals surface area (Å²) in [6, 6.07) is 14.4. The minimum atomic E-state index is -0.178. The number of likely N-dealkylation sites (N-methyl/N-ethyl adjacent to an activating group) is 1. The van der Waals surface area contributed by atoms with E-state index < -0.39 is 0 Å². The Labute approximate surface area is 155 Å². The molecule has 2 rings (SSSR count). The van der Waals surface area contributed by atoms with Gasteiger partial charge in [0.1, 0.15) is 5.75 Å². The van der Waals surface area contributed by atoms with Gasteiger partial charge in [-0.3, -0.25) is 9.59 Å². The Balaban J connectivity index is 1.91. The van der Waals surface area contributed by atoms with Crippen molar-refractivity contribution >= 4 is 17.5 Å². The van der Waals surface area contributed by atoms with Crippen molar-refractivity contribution in [3.63, 3.8) is 0 Å². The predicted octanol–water partition coefficient (Wildman–Crippen LogP) is 3.75. The fourth-order valence-electron chi connectivity index (χ4n) is 2.28. The van der Waals surface area contributed by atoms with E-state index in [0.717, 1.165) is 24.2 Å². The molecule has 0 saturated carbocycles. The summed E-state index contributed by atoms with van der Waals surface area (Å²) in [5.74, 6) is 0.634. The van der Waals surface area contributed by atoms with E-state index in [9.17, 15) is 9.59 Å². The van der Waals surface area contributed by atoms with Crippen LogP contribution in [0, 0.1) is 0 Å². The molecule has 0 fully saturated rings. The lowest BCUT2D eigenvalue weighted by molar-refractivity contribution is -0.127. The molecule has 0 unspecified atom stereocenters. The van der Waals surface area contributed by atoms with Crippen LogP contribution in [-0.2, 0) is 11.2 Å². The third-order valence-corrected chi connectivity index (χ3v) is 3.95. The Hall–Kier alpha value is -2.82. The minimum Gasteiger partial charge on any atom is -0.494 e. The number of anilines is 1. The number of carbonyl (C=O) groups excluding carboxylic acids is 2. The summed E-state index contributed by atoms with van der Waals surface area (Å²) in [4.78, 5) is 25.6. The largest absolute Gasteiger partial charge is 0.494 e. The van der Waals surface area contributed by atoms with E-state index >= 15 is 0 Å². The Kier molecular flexibility index (Phi) is 7.21. The second-order valence-electron chi connectivity index (χ2n) is 6.34. The quantitative estimate of drug-likeness (QED) is 0.735. The zero-order chi connectivity index (χ0) is 18.9. The molecular weight excluding hydrogens is 328 g/mol. The maximum absolute atomic E-state index is 12.3. The van der Waals surface area contributed by atoms with E-state index in [-0.39, 0.29) is 11.8 Å². The summed E-state index contributed by atoms with van der Waals surface area (Å²) in [6.07, 6.45) is 2.45. The maximum atomic E-state index is 12.3. The molecule has 138 valence electrons. The van der Waals surface area contributed by atoms with Crippen LogP contribution >= 0.6 is 0 Å². The van der Waals surface area contributed by atoms with E-state index in [2.05, 4.69) is 12.2 Å². The second-order valence-corrected chi connectivity index (χ2v) is 6.34. The van der Waals surface area contributed by atoms with Crippen molar-refractivity contribution in [3.8, 4) is 5.75 Å². The predicted molar refractivity (Wildman–Crippen MR) is 104 cm³/mol. The summed E-state index contributed by atoms with van der Waals surface area (Å²) in [6.45, 7) is 2.80. The number of benzene rings is 2. The van der Waals surface area contributed by atoms with E-state index in [1.165, 1.54) is 0 Å². The van der Waals surface area contributed by atoms with Crippen LogP contribution in [0.5, 0.6) is 5.75 Å². The van der Waals surface area contributed by atoms with Gasteiger partial charge in [-0.05, 0) is 48.4 Å². The van der Waals surface area contributed by atoms with Crippen LogP contribution in [0.25, 0.3) is 0 Å². The molecule has 0 saturated heterocycles. The average molecular weight is 354 g/mol. The number of unbranched alkanes of at least 4 members (excludes halogenated alkanes) is 1. The SMILES string of the molecule is CCCCOc1ccc(C(=O)Nc2ccc(CC(=O)N(C)C)cc2)cc1. The molecule has 0 aliphatic rings. The van der Waals surface area contributed by atoms with Crippen LogP contribution in [0.3, 0.4) is 0 Å². The van der Waals surface area contributed by atoms with Gasteiger partial charge in [0.05, 0.1) is 13.0 Å². The van der Waals surface area contributed by atoms with Gasteiger partial charge in [-0.2, -0.15) is 0 Å². The zero-order valence-corrected chi connectivity index (χ0v) is 15.6. The molecule has 5 nitrogen and oxygen atoms in total. The number of hydrogen-bond donors (Lipinski definition) is 1. The molecule has 2 aromatic rings. The van der Waals surface area contributed by atoms with Crippen molar-refractivity contribution in [2.45, 2.75) is 26.2 Å². The number of carbonyl (C=O) groups is 2. The van der Waals surface area contributed by atoms with E-state index in [1.54, 1.807) is 55.4 Å². The van der Waals surface area contributed by atoms with Crippen LogP contribution in [0.1, 0.15) is 35.7 Å². The summed E-state index contributed by atoms with van der Waals surface area (Å²) in [7, 11) is 3.47. The van der Waals surface area contributed by atoms with Crippen molar-refractivity contribution in [1.82, 2.24) is 4.90 Å². The van der Waals surface area contributed by atoms with Gasteiger partial charge in [0, 0.05) is 25.3 Å². The average Bonchev–Trinajstić information content (AvgIpc) is 2.64. The Morgan fingerprint density at radius 2 is 1.65 bits per heavy atom. The maximum Gasteiger partial charge on any atom is 0.255 e. The number of nitrogens with zero attached hydrogens (tertiary/aromatic N) is 1. The first-order valence-corrected chi connectivity index (χ1v) is 8.83. The van der Waals surface area contributed by atoms with Gasteiger partial charge in [0.15, 0.2) is 0 Å². The van der Waals surface area contributed by atoms with Gasteiger partial charge < -0.3 is 15.0 Å². The first-order valence-electron chi connectivity index (χ1n) is 8.83. The highest BCUT2D eigenvalue weighted by atomic mass is 16.5. The van der Waals surface area contributed by atoms with Crippen LogP contribution in [0.2, 0.25) is 0 Å². The fraction of sp³-hybridized carbons (Fsp3) is 0.333. The Bertz CT molecular complexity index is 722. The number of rotatable bonds is 8. The summed E-state index contributed by atoms with van der Waals surface area (Å²) in [5.41, 5.74) is 2.18. The summed E-state index contributed by atoms with van der Waals surface area (Å²) >= 11 is 0. The molecule has 5 heteroatoms. The smallest absolute Gasteiger partial charge is 0.255 e. The van der Waals surface area contributed by atoms with E-state index in [1.807, 2.05) is 12.1 Å². The summed E-state index contributed by atoms with van der Waals surface area (Å²) < 4.78 is 5.60. The van der Waals surface area contributed by atoms with Gasteiger partial charge in [-0.15, -0.1) is 0 Å². The van der Waals surface area contributed by atoms with Crippen molar-refractivity contribution in [2.24, 2.45) is 0 Å². The first-order chi connectivity index (χ1) is 12.5. The van der Waals surface area contributed by atoms with Gasteiger partial charge in [0.25, 0.3) is 5.91 Å². The van der Waals surface area contributed by atoms with Gasteiger partial charge in [0.2, 0.25) is 5.91 Å². The lowest BCUT2D eigenvalue weighted by Crippen LogP contribution is -2.23. The topological polar surface area (TPSA) is 58.6 Å². The van der Waals surface area contributed by atoms with Gasteiger partial charge in [-0.25, -0.2) is 0 Å². The molecule has 0 aliphatic heterocycles. The molecule has 0 bridgehead atoms. The molecule has 2 amide bonds. The second kappa shape index (κ2) is 9.61. The molecular formula is C21H26N2O3. The molecule has 26 heavy (non-hydrogen) atoms. The Morgan fingerprint density at radius 1 is 1.00 bits per heavy atom. The highest BCUT2D eigenvalue weighted by Crippen LogP contribution is 2.15. The van der Waals surface area contributed by atoms with Crippen LogP contribution in [-0.4, -0.2) is 37.4 Å². The van der Waals surface area contributed by atoms with Gasteiger partial charge in [-0.1, -0.05) is 25.5 Å². The van der Waals surface area contributed by atoms with Crippen molar-refractivity contribution in [3.05, 3.63) is 59.7 Å². The third kappa shape index (κ3) is 5.92. The number of hydrogen-bond acceptors (Lipinski definition) is 3. The van der Waals surface area contributed by atoms with Gasteiger partial charge >= 0.3 is 0 Å². The first kappa shape index (κ1) is 19.5. The monoisotopic (exact) mass is 354 g/mol. The van der Waals surface area contributed by atoms with Crippen LogP contribution in [0.15, 0.2) is 48.5 Å². The Morgan fingerprint density at radius 3 is 2.23 bits per heavy atom. The highest BCUT2D eigenvalue weighted by molar-refractivity contribution is 6.04. The zero-order valence-electron chi connectivity index (χ0n) is 15.6. The van der Waals surface area contributed by atoms with Crippen LogP contribution < -0.4 is 10.1 Å². The molecule has 0 aliphatic carbocycles. The number of ether oxygens (including phenoxy) is 1. The molecule has 2 aromatic carbocycles. The van der Waals surface area contributed by atoms with Crippen molar-refractivity contribution < 1.29 is 14.3 Å². The third-order valence-electron chi connectivity index (χ3n) is 3.95. The molecule has 0 aromatic heterocycles. The van der Waals surface area contributed by atoms with E-state index in [0.29, 0.717) is 24.3 Å². The summed E-state index contributed by atoms with van der Waals surface area (Å²) in [5, 5.41) is 2.86. The minimum absolute atomic E-state index is 0.0445. The van der Waals surface area contributed by atoms with Crippen LogP contribution in [0.4, 0.5) is 5.69 Å². The van der Waals surface area contributed by atoms with Crippen molar-refractivity contribution in [1.29, 1.82) is 0 Å². The lowest BCUT2D eigenvalue weighted by Gasteiger charge is -2.11. The number of nitrogens with one attached hydrogen (secondary N) is 1. The number of amides is 2. The highest BCUT2D eigenvalue weighted by Gasteiger charge is 2.08. The molecule has 0 atom stereocenters. The van der Waals surface area contributed by atoms with E-state index in [4.69, 9.17) is 4.74 Å². The molecule has 1 N–H and O–H groups in total. The lowest BCUT2D eigenvalue weighted by atomic mass is 10.1. The molecule has 0 spiro atoms. The fourth-order valence-corrected chi connectivity index (χ4v) is 2.28. The molecule has 0 heterocycles. The normalized spacial score (nSPS) is 10.3. The van der Waals surface area contributed by atoms with Crippen molar-refractivity contribution in [2.75, 3.05) is 26.0 Å². The standard InChI is InChI=1S/C21H26N2O3/c1-4-5-14-26-19-12-8-17(9-13-19)21(25)22-18-10-6-16(7-11-18)15-20(24)23(2)3/h6-13H,4-5,14-15H2,1-3H3,(H,22,25). The molecule has 0 radical (unpaired) electrons.